The van der Waals surface area contributed by atoms with Gasteiger partial charge in [-0.3, -0.25) is 0 Å². The molecule has 0 fully saturated rings. The molecule has 1 aromatic carbocycles. The Balaban J connectivity index is 0.000000389. The zero-order valence-corrected chi connectivity index (χ0v) is 19.9. The van der Waals surface area contributed by atoms with Crippen LogP contribution in [0.1, 0.15) is 40.0 Å². The van der Waals surface area contributed by atoms with E-state index in [1.165, 1.54) is 13.1 Å². The Morgan fingerprint density at radius 2 is 1.78 bits per heavy atom. The van der Waals surface area contributed by atoms with Crippen LogP contribution in [0.2, 0.25) is 0 Å². The topological polar surface area (TPSA) is 104 Å². The highest BCUT2D eigenvalue weighted by Crippen LogP contribution is 2.29. The van der Waals surface area contributed by atoms with E-state index in [0.29, 0.717) is 22.1 Å². The van der Waals surface area contributed by atoms with Gasteiger partial charge in [0.2, 0.25) is 10.0 Å². The van der Waals surface area contributed by atoms with E-state index in [-0.39, 0.29) is 0 Å². The standard InChI is InChI=1S/C18H24O3.C7H9NO2S/c1-13(6-4-7-14(2)12-18(20)21)10-11-16-15(3)8-5-9-17(16)19;1-8-11(9,10)7-5-3-2-4-6-7/h4,6-7,10-12,15,19H,5,8-9H2,1-3H3,(H,20,21);2-6,8H,1H3/b7-4+,11-10+,13-6+,14-12+;/t15-;/m0./s1. The van der Waals surface area contributed by atoms with Gasteiger partial charge in [0.15, 0.2) is 0 Å². The Hall–Kier alpha value is -2.90. The van der Waals surface area contributed by atoms with E-state index in [9.17, 15) is 18.3 Å². The number of hydrogen-bond donors (Lipinski definition) is 3. The first-order valence-corrected chi connectivity index (χ1v) is 11.9. The molecule has 0 aromatic heterocycles. The highest BCUT2D eigenvalue weighted by atomic mass is 32.2. The summed E-state index contributed by atoms with van der Waals surface area (Å²) in [7, 11) is -1.86. The van der Waals surface area contributed by atoms with E-state index in [1.807, 2.05) is 31.2 Å². The Morgan fingerprint density at radius 1 is 1.12 bits per heavy atom. The molecular weight excluding hydrogens is 426 g/mol. The van der Waals surface area contributed by atoms with Gasteiger partial charge in [0.1, 0.15) is 0 Å². The number of sulfonamides is 1. The molecule has 1 aliphatic rings. The number of carbonyl (C=O) groups is 1. The third-order valence-electron chi connectivity index (χ3n) is 4.83. The van der Waals surface area contributed by atoms with Crippen LogP contribution in [0.15, 0.2) is 94.2 Å². The van der Waals surface area contributed by atoms with E-state index < -0.39 is 16.0 Å². The van der Waals surface area contributed by atoms with E-state index >= 15 is 0 Å². The summed E-state index contributed by atoms with van der Waals surface area (Å²) >= 11 is 0. The number of aliphatic hydroxyl groups is 1. The van der Waals surface area contributed by atoms with Crippen molar-refractivity contribution in [3.05, 3.63) is 89.3 Å². The van der Waals surface area contributed by atoms with Crippen LogP contribution in [0.25, 0.3) is 0 Å². The summed E-state index contributed by atoms with van der Waals surface area (Å²) in [4.78, 5) is 10.8. The van der Waals surface area contributed by atoms with Crippen LogP contribution in [0.5, 0.6) is 0 Å². The first-order chi connectivity index (χ1) is 15.1. The molecule has 2 rings (SSSR count). The van der Waals surface area contributed by atoms with Crippen LogP contribution in [-0.4, -0.2) is 31.6 Å². The molecule has 0 unspecified atom stereocenters. The van der Waals surface area contributed by atoms with Crippen molar-refractivity contribution in [2.75, 3.05) is 7.05 Å². The molecule has 0 bridgehead atoms. The summed E-state index contributed by atoms with van der Waals surface area (Å²) in [5.74, 6) is -0.0286. The van der Waals surface area contributed by atoms with Crippen molar-refractivity contribution in [1.82, 2.24) is 4.72 Å². The number of allylic oxidation sites excluding steroid dienone is 9. The first-order valence-electron chi connectivity index (χ1n) is 10.4. The van der Waals surface area contributed by atoms with Crippen molar-refractivity contribution in [1.29, 1.82) is 0 Å². The van der Waals surface area contributed by atoms with Gasteiger partial charge in [0.25, 0.3) is 0 Å². The molecular formula is C25H33NO5S. The molecule has 1 aromatic rings. The van der Waals surface area contributed by atoms with Crippen LogP contribution in [0.3, 0.4) is 0 Å². The Morgan fingerprint density at radius 3 is 2.34 bits per heavy atom. The third kappa shape index (κ3) is 9.94. The second-order valence-electron chi connectivity index (χ2n) is 7.55. The van der Waals surface area contributed by atoms with Gasteiger partial charge in [-0.2, -0.15) is 0 Å². The van der Waals surface area contributed by atoms with Crippen molar-refractivity contribution in [2.45, 2.75) is 44.9 Å². The maximum Gasteiger partial charge on any atom is 0.328 e. The summed E-state index contributed by atoms with van der Waals surface area (Å²) in [6.07, 6.45) is 13.6. The number of aliphatic hydroxyl groups excluding tert-OH is 1. The zero-order chi connectivity index (χ0) is 24.1. The van der Waals surface area contributed by atoms with Crippen molar-refractivity contribution in [3.63, 3.8) is 0 Å². The molecule has 6 nitrogen and oxygen atoms in total. The van der Waals surface area contributed by atoms with E-state index in [0.717, 1.165) is 30.4 Å². The average molecular weight is 460 g/mol. The summed E-state index contributed by atoms with van der Waals surface area (Å²) in [5, 5.41) is 18.5. The van der Waals surface area contributed by atoms with Crippen molar-refractivity contribution >= 4 is 16.0 Å². The minimum atomic E-state index is -3.25. The van der Waals surface area contributed by atoms with Crippen LogP contribution < -0.4 is 4.72 Å². The Labute approximate surface area is 191 Å². The maximum atomic E-state index is 11.1. The van der Waals surface area contributed by atoms with Gasteiger partial charge in [-0.15, -0.1) is 0 Å². The molecule has 0 saturated carbocycles. The molecule has 1 aliphatic carbocycles. The van der Waals surface area contributed by atoms with Crippen molar-refractivity contribution < 1.29 is 23.4 Å². The first kappa shape index (κ1) is 27.1. The average Bonchev–Trinajstić information content (AvgIpc) is 2.74. The number of benzene rings is 1. The number of rotatable bonds is 7. The van der Waals surface area contributed by atoms with Gasteiger partial charge in [0, 0.05) is 12.5 Å². The lowest BCUT2D eigenvalue weighted by Crippen LogP contribution is -2.18. The molecule has 174 valence electrons. The van der Waals surface area contributed by atoms with Crippen molar-refractivity contribution in [2.24, 2.45) is 5.92 Å². The highest BCUT2D eigenvalue weighted by Gasteiger charge is 2.16. The zero-order valence-electron chi connectivity index (χ0n) is 19.1. The lowest BCUT2D eigenvalue weighted by Gasteiger charge is -2.20. The largest absolute Gasteiger partial charge is 0.512 e. The number of hydrogen-bond acceptors (Lipinski definition) is 4. The second kappa shape index (κ2) is 13.5. The Kier molecular flexibility index (Phi) is 11.4. The molecule has 1 atom stereocenters. The monoisotopic (exact) mass is 459 g/mol. The lowest BCUT2D eigenvalue weighted by molar-refractivity contribution is -0.131. The predicted octanol–water partition coefficient (Wildman–Crippen LogP) is 5.30. The molecule has 32 heavy (non-hydrogen) atoms. The fourth-order valence-electron chi connectivity index (χ4n) is 3.01. The molecule has 0 saturated heterocycles. The fourth-order valence-corrected chi connectivity index (χ4v) is 3.76. The van der Waals surface area contributed by atoms with Crippen LogP contribution in [0.4, 0.5) is 0 Å². The normalized spacial score (nSPS) is 18.1. The van der Waals surface area contributed by atoms with Gasteiger partial charge in [-0.1, -0.05) is 61.1 Å². The fraction of sp³-hybridized carbons (Fsp3) is 0.320. The number of carboxylic acid groups (broad SMARTS) is 1. The minimum absolute atomic E-state index is 0.294. The highest BCUT2D eigenvalue weighted by molar-refractivity contribution is 7.89. The van der Waals surface area contributed by atoms with Gasteiger partial charge in [0.05, 0.1) is 10.7 Å². The number of aliphatic carboxylic acids is 1. The molecule has 0 heterocycles. The predicted molar refractivity (Wildman–Crippen MR) is 129 cm³/mol. The lowest BCUT2D eigenvalue weighted by atomic mass is 9.87. The molecule has 7 heteroatoms. The molecule has 0 spiro atoms. The SMILES string of the molecule is CC(/C=C/C1=C(O)CCC[C@@H]1C)=C\C=C\C(C)=C\C(=O)O.CNS(=O)(=O)c1ccccc1. The summed E-state index contributed by atoms with van der Waals surface area (Å²) in [6, 6.07) is 8.24. The van der Waals surface area contributed by atoms with Crippen molar-refractivity contribution in [3.8, 4) is 0 Å². The van der Waals surface area contributed by atoms with Crippen LogP contribution >= 0.6 is 0 Å². The van der Waals surface area contributed by atoms with E-state index in [4.69, 9.17) is 5.11 Å². The van der Waals surface area contributed by atoms with Gasteiger partial charge < -0.3 is 10.2 Å². The summed E-state index contributed by atoms with van der Waals surface area (Å²) < 4.78 is 24.4. The third-order valence-corrected chi connectivity index (χ3v) is 6.26. The van der Waals surface area contributed by atoms with Crippen LogP contribution in [-0.2, 0) is 14.8 Å². The molecule has 0 aliphatic heterocycles. The molecule has 0 radical (unpaired) electrons. The summed E-state index contributed by atoms with van der Waals surface area (Å²) in [5.41, 5.74) is 2.77. The quantitative estimate of drug-likeness (QED) is 0.379. The molecule has 0 amide bonds. The van der Waals surface area contributed by atoms with Gasteiger partial charge in [-0.25, -0.2) is 17.9 Å². The number of carboxylic acids is 1. The summed E-state index contributed by atoms with van der Waals surface area (Å²) in [6.45, 7) is 5.85. The molecule has 3 N–H and O–H groups in total. The van der Waals surface area contributed by atoms with Gasteiger partial charge >= 0.3 is 5.97 Å². The van der Waals surface area contributed by atoms with Gasteiger partial charge in [-0.05, 0) is 62.9 Å². The smallest absolute Gasteiger partial charge is 0.328 e. The number of nitrogens with one attached hydrogen (secondary N) is 1. The minimum Gasteiger partial charge on any atom is -0.512 e. The Bertz CT molecular complexity index is 1020. The maximum absolute atomic E-state index is 11.1. The second-order valence-corrected chi connectivity index (χ2v) is 9.43. The van der Waals surface area contributed by atoms with E-state index in [2.05, 4.69) is 11.6 Å². The van der Waals surface area contributed by atoms with Crippen LogP contribution in [0, 0.1) is 5.92 Å². The van der Waals surface area contributed by atoms with E-state index in [1.54, 1.807) is 43.3 Å².